The molecule has 4 nitrogen and oxygen atoms in total. The summed E-state index contributed by atoms with van der Waals surface area (Å²) < 4.78 is 40.8. The molecule has 0 aliphatic heterocycles. The van der Waals surface area contributed by atoms with Gasteiger partial charge in [-0.25, -0.2) is 4.98 Å². The molecule has 3 aromatic rings. The number of aromatic hydroxyl groups is 1. The van der Waals surface area contributed by atoms with Gasteiger partial charge in [-0.05, 0) is 68.5 Å². The van der Waals surface area contributed by atoms with Gasteiger partial charge in [-0.2, -0.15) is 13.2 Å². The van der Waals surface area contributed by atoms with E-state index in [0.717, 1.165) is 17.7 Å². The van der Waals surface area contributed by atoms with Crippen molar-refractivity contribution in [1.82, 2.24) is 9.55 Å². The second-order valence-electron chi connectivity index (χ2n) is 8.07. The average molecular weight is 430 g/mol. The number of phenolic OH excluding ortho intramolecular Hbond substituents is 1. The summed E-state index contributed by atoms with van der Waals surface area (Å²) in [4.78, 5) is 17.7. The van der Waals surface area contributed by atoms with Crippen molar-refractivity contribution >= 4 is 5.78 Å². The van der Waals surface area contributed by atoms with Gasteiger partial charge in [-0.1, -0.05) is 24.3 Å². The minimum atomic E-state index is -4.45. The van der Waals surface area contributed by atoms with E-state index in [4.69, 9.17) is 0 Å². The Labute approximate surface area is 179 Å². The van der Waals surface area contributed by atoms with Crippen LogP contribution in [0.3, 0.4) is 0 Å². The first kappa shape index (κ1) is 22.6. The van der Waals surface area contributed by atoms with Gasteiger partial charge < -0.3 is 9.67 Å². The Morgan fingerprint density at radius 3 is 2.19 bits per heavy atom. The van der Waals surface area contributed by atoms with Crippen molar-refractivity contribution in [2.75, 3.05) is 0 Å². The lowest BCUT2D eigenvalue weighted by Crippen LogP contribution is -2.21. The fourth-order valence-corrected chi connectivity index (χ4v) is 3.74. The van der Waals surface area contributed by atoms with Gasteiger partial charge in [-0.3, -0.25) is 4.79 Å². The van der Waals surface area contributed by atoms with Crippen molar-refractivity contribution < 1.29 is 23.1 Å². The van der Waals surface area contributed by atoms with E-state index in [1.807, 2.05) is 13.8 Å². The van der Waals surface area contributed by atoms with Gasteiger partial charge >= 0.3 is 6.18 Å². The third-order valence-electron chi connectivity index (χ3n) is 5.39. The smallest absolute Gasteiger partial charge is 0.416 e. The number of halogens is 3. The monoisotopic (exact) mass is 430 g/mol. The first-order chi connectivity index (χ1) is 14.5. The molecule has 2 aromatic carbocycles. The number of aryl methyl sites for hydroxylation is 2. The number of phenols is 1. The number of imidazole rings is 1. The van der Waals surface area contributed by atoms with Gasteiger partial charge in [0, 0.05) is 18.4 Å². The van der Waals surface area contributed by atoms with Crippen molar-refractivity contribution in [2.24, 2.45) is 0 Å². The number of carbonyl (C=O) groups excluding carboxylic acids is 1. The van der Waals surface area contributed by atoms with Crippen molar-refractivity contribution in [3.05, 3.63) is 82.4 Å². The quantitative estimate of drug-likeness (QED) is 0.487. The normalized spacial score (nSPS) is 12.9. The second kappa shape index (κ2) is 8.57. The summed E-state index contributed by atoms with van der Waals surface area (Å²) in [6, 6.07) is 8.30. The summed E-state index contributed by atoms with van der Waals surface area (Å²) in [5.74, 6) is -0.518. The van der Waals surface area contributed by atoms with Crippen LogP contribution in [0, 0.1) is 13.8 Å². The van der Waals surface area contributed by atoms with E-state index in [9.17, 15) is 23.1 Å². The lowest BCUT2D eigenvalue weighted by molar-refractivity contribution is -0.137. The Balaban J connectivity index is 2.05. The Kier molecular flexibility index (Phi) is 6.25. The zero-order valence-electron chi connectivity index (χ0n) is 17.9. The SMILES string of the molecule is Cc1cc(C[C@H](C(=O)c2nccn2C(C)C)c2ccc(C(F)(F)F)cc2)cc(C)c1O. The molecule has 0 fully saturated rings. The fourth-order valence-electron chi connectivity index (χ4n) is 3.74. The van der Waals surface area contributed by atoms with E-state index in [0.29, 0.717) is 16.7 Å². The molecule has 0 aliphatic carbocycles. The van der Waals surface area contributed by atoms with Crippen LogP contribution in [0.1, 0.15) is 64.2 Å². The van der Waals surface area contributed by atoms with Gasteiger partial charge in [-0.15, -0.1) is 0 Å². The van der Waals surface area contributed by atoms with Crippen molar-refractivity contribution in [3.63, 3.8) is 0 Å². The number of ketones is 1. The van der Waals surface area contributed by atoms with Crippen LogP contribution in [-0.4, -0.2) is 20.4 Å². The molecule has 164 valence electrons. The third-order valence-corrected chi connectivity index (χ3v) is 5.39. The number of alkyl halides is 3. The van der Waals surface area contributed by atoms with E-state index in [1.54, 1.807) is 42.9 Å². The molecule has 0 unspecified atom stereocenters. The standard InChI is InChI=1S/C24H25F3N2O2/c1-14(2)29-10-9-28-23(29)22(31)20(13-17-11-15(3)21(30)16(4)12-17)18-5-7-19(8-6-18)24(25,26)27/h5-12,14,20,30H,13H2,1-4H3/t20-/m0/s1. The van der Waals surface area contributed by atoms with Crippen LogP contribution in [0.5, 0.6) is 5.75 Å². The van der Waals surface area contributed by atoms with Gasteiger partial charge in [0.1, 0.15) is 5.75 Å². The van der Waals surface area contributed by atoms with E-state index in [-0.39, 0.29) is 29.8 Å². The highest BCUT2D eigenvalue weighted by molar-refractivity contribution is 5.98. The molecule has 0 bridgehead atoms. The highest BCUT2D eigenvalue weighted by atomic mass is 19.4. The number of carbonyl (C=O) groups is 1. The van der Waals surface area contributed by atoms with Crippen LogP contribution in [0.15, 0.2) is 48.8 Å². The average Bonchev–Trinajstić information content (AvgIpc) is 3.19. The van der Waals surface area contributed by atoms with Crippen molar-refractivity contribution in [2.45, 2.75) is 52.3 Å². The molecule has 1 N–H and O–H groups in total. The highest BCUT2D eigenvalue weighted by Crippen LogP contribution is 2.33. The summed E-state index contributed by atoms with van der Waals surface area (Å²) in [5, 5.41) is 10.1. The van der Waals surface area contributed by atoms with Crippen molar-refractivity contribution in [1.29, 1.82) is 0 Å². The van der Waals surface area contributed by atoms with Gasteiger partial charge in [0.05, 0.1) is 11.5 Å². The van der Waals surface area contributed by atoms with E-state index >= 15 is 0 Å². The largest absolute Gasteiger partial charge is 0.507 e. The number of hydrogen-bond acceptors (Lipinski definition) is 3. The zero-order valence-corrected chi connectivity index (χ0v) is 17.9. The molecule has 1 heterocycles. The summed E-state index contributed by atoms with van der Waals surface area (Å²) >= 11 is 0. The maximum Gasteiger partial charge on any atom is 0.416 e. The number of benzene rings is 2. The van der Waals surface area contributed by atoms with Crippen LogP contribution in [0.4, 0.5) is 13.2 Å². The lowest BCUT2D eigenvalue weighted by atomic mass is 9.86. The molecule has 0 saturated heterocycles. The van der Waals surface area contributed by atoms with Crippen LogP contribution >= 0.6 is 0 Å². The molecule has 0 aliphatic rings. The molecule has 0 radical (unpaired) electrons. The number of nitrogens with zero attached hydrogens (tertiary/aromatic N) is 2. The second-order valence-corrected chi connectivity index (χ2v) is 8.07. The van der Waals surface area contributed by atoms with Crippen LogP contribution in [0.2, 0.25) is 0 Å². The Morgan fingerprint density at radius 1 is 1.10 bits per heavy atom. The van der Waals surface area contributed by atoms with E-state index in [2.05, 4.69) is 4.98 Å². The van der Waals surface area contributed by atoms with Crippen LogP contribution in [-0.2, 0) is 12.6 Å². The molecule has 3 rings (SSSR count). The first-order valence-electron chi connectivity index (χ1n) is 10.0. The zero-order chi connectivity index (χ0) is 22.9. The molecular weight excluding hydrogens is 405 g/mol. The summed E-state index contributed by atoms with van der Waals surface area (Å²) in [6.45, 7) is 7.40. The molecule has 0 saturated carbocycles. The van der Waals surface area contributed by atoms with Gasteiger partial charge in [0.25, 0.3) is 0 Å². The van der Waals surface area contributed by atoms with Gasteiger partial charge in [0.2, 0.25) is 5.78 Å². The lowest BCUT2D eigenvalue weighted by Gasteiger charge is -2.20. The predicted octanol–water partition coefficient (Wildman–Crippen LogP) is 6.01. The fraction of sp³-hybridized carbons (Fsp3) is 0.333. The van der Waals surface area contributed by atoms with Crippen LogP contribution < -0.4 is 0 Å². The van der Waals surface area contributed by atoms with Crippen molar-refractivity contribution in [3.8, 4) is 5.75 Å². The molecule has 1 atom stereocenters. The van der Waals surface area contributed by atoms with Crippen LogP contribution in [0.25, 0.3) is 0 Å². The molecular formula is C24H25F3N2O2. The van der Waals surface area contributed by atoms with E-state index in [1.165, 1.54) is 12.1 Å². The summed E-state index contributed by atoms with van der Waals surface area (Å²) in [6.07, 6.45) is -0.906. The minimum absolute atomic E-state index is 0.00728. The number of Topliss-reactive ketones (excluding diaryl/α,β-unsaturated/α-hetero) is 1. The Hall–Kier alpha value is -3.09. The predicted molar refractivity (Wildman–Crippen MR) is 112 cm³/mol. The number of rotatable bonds is 6. The molecule has 0 amide bonds. The maximum absolute atomic E-state index is 13.5. The number of hydrogen-bond donors (Lipinski definition) is 1. The maximum atomic E-state index is 13.5. The molecule has 7 heteroatoms. The summed E-state index contributed by atoms with van der Waals surface area (Å²) in [5.41, 5.74) is 1.89. The minimum Gasteiger partial charge on any atom is -0.507 e. The Bertz CT molecular complexity index is 1060. The van der Waals surface area contributed by atoms with E-state index < -0.39 is 17.7 Å². The topological polar surface area (TPSA) is 55.1 Å². The Morgan fingerprint density at radius 2 is 1.68 bits per heavy atom. The van der Waals surface area contributed by atoms with Gasteiger partial charge in [0.15, 0.2) is 5.82 Å². The molecule has 0 spiro atoms. The number of aromatic nitrogens is 2. The third kappa shape index (κ3) is 4.81. The first-order valence-corrected chi connectivity index (χ1v) is 10.0. The highest BCUT2D eigenvalue weighted by Gasteiger charge is 2.32. The summed E-state index contributed by atoms with van der Waals surface area (Å²) in [7, 11) is 0. The molecule has 31 heavy (non-hydrogen) atoms. The molecule has 1 aromatic heterocycles.